The summed E-state index contributed by atoms with van der Waals surface area (Å²) in [5, 5.41) is 9.92. The molecule has 3 aromatic rings. The van der Waals surface area contributed by atoms with Gasteiger partial charge in [0.05, 0.1) is 5.92 Å². The van der Waals surface area contributed by atoms with Gasteiger partial charge in [0.15, 0.2) is 0 Å². The molecule has 5 rings (SSSR count). The Bertz CT molecular complexity index is 1400. The molecule has 2 aliphatic heterocycles. The zero-order valence-corrected chi connectivity index (χ0v) is 18.9. The topological polar surface area (TPSA) is 62.3 Å². The summed E-state index contributed by atoms with van der Waals surface area (Å²) in [5.74, 6) is -1.07. The van der Waals surface area contributed by atoms with Crippen LogP contribution in [-0.2, 0) is 11.3 Å². The Morgan fingerprint density at radius 2 is 1.63 bits per heavy atom. The lowest BCUT2D eigenvalue weighted by atomic mass is 9.80. The summed E-state index contributed by atoms with van der Waals surface area (Å²) >= 11 is 0. The number of nitriles is 1. The number of rotatable bonds is 4. The molecule has 4 nitrogen and oxygen atoms in total. The molecule has 2 aliphatic rings. The molecule has 174 valence electrons. The maximum absolute atomic E-state index is 15.0. The van der Waals surface area contributed by atoms with E-state index in [1.165, 1.54) is 12.1 Å². The Morgan fingerprint density at radius 1 is 0.943 bits per heavy atom. The second-order valence-electron chi connectivity index (χ2n) is 8.62. The van der Waals surface area contributed by atoms with Crippen molar-refractivity contribution < 1.29 is 13.5 Å². The van der Waals surface area contributed by atoms with Gasteiger partial charge in [0.25, 0.3) is 0 Å². The van der Waals surface area contributed by atoms with E-state index in [0.29, 0.717) is 42.1 Å². The maximum atomic E-state index is 15.0. The van der Waals surface area contributed by atoms with Gasteiger partial charge in [-0.25, -0.2) is 8.78 Å². The van der Waals surface area contributed by atoms with Gasteiger partial charge in [0, 0.05) is 36.3 Å². The second kappa shape index (κ2) is 9.57. The van der Waals surface area contributed by atoms with Crippen LogP contribution in [0, 0.1) is 23.0 Å². The number of hydrogen-bond acceptors (Lipinski definition) is 4. The van der Waals surface area contributed by atoms with Gasteiger partial charge in [-0.3, -0.25) is 4.90 Å². The Morgan fingerprint density at radius 3 is 2.34 bits per heavy atom. The first-order valence-electron chi connectivity index (χ1n) is 11.3. The average molecular weight is 468 g/mol. The molecule has 35 heavy (non-hydrogen) atoms. The van der Waals surface area contributed by atoms with Crippen LogP contribution >= 0.6 is 0 Å². The lowest BCUT2D eigenvalue weighted by Gasteiger charge is -2.38. The number of ether oxygens (including phenoxy) is 1. The van der Waals surface area contributed by atoms with E-state index in [1.54, 1.807) is 42.5 Å². The Kier molecular flexibility index (Phi) is 6.17. The number of benzene rings is 3. The molecular formula is C29H23F2N3O. The van der Waals surface area contributed by atoms with Gasteiger partial charge < -0.3 is 10.5 Å². The van der Waals surface area contributed by atoms with Crippen molar-refractivity contribution in [3.05, 3.63) is 136 Å². The number of halogens is 2. The van der Waals surface area contributed by atoms with Crippen LogP contribution in [0.15, 0.2) is 107 Å². The van der Waals surface area contributed by atoms with Crippen LogP contribution in [0.3, 0.4) is 0 Å². The molecule has 0 spiro atoms. The van der Waals surface area contributed by atoms with Crippen LogP contribution in [0.5, 0.6) is 0 Å². The molecule has 0 aliphatic carbocycles. The van der Waals surface area contributed by atoms with Crippen molar-refractivity contribution in [2.24, 2.45) is 5.73 Å². The summed E-state index contributed by atoms with van der Waals surface area (Å²) in [5.41, 5.74) is 9.67. The van der Waals surface area contributed by atoms with Gasteiger partial charge in [-0.1, -0.05) is 66.7 Å². The highest BCUT2D eigenvalue weighted by molar-refractivity contribution is 5.63. The van der Waals surface area contributed by atoms with Crippen LogP contribution in [0.25, 0.3) is 6.08 Å². The highest BCUT2D eigenvalue weighted by Crippen LogP contribution is 2.44. The van der Waals surface area contributed by atoms with Crippen molar-refractivity contribution in [2.75, 3.05) is 13.1 Å². The smallest absolute Gasteiger partial charge is 0.205 e. The third-order valence-corrected chi connectivity index (χ3v) is 6.31. The minimum absolute atomic E-state index is 0.0598. The SMILES string of the molecule is N#CC1=C(N)OC2=C(CN(Cc3ccccc3)CC2=Cc2ccccc2F)C1c1ccccc1F. The first-order chi connectivity index (χ1) is 17.0. The normalized spacial score (nSPS) is 19.3. The monoisotopic (exact) mass is 467 g/mol. The van der Waals surface area contributed by atoms with Crippen molar-refractivity contribution in [2.45, 2.75) is 12.5 Å². The molecule has 2 N–H and O–H groups in total. The summed E-state index contributed by atoms with van der Waals surface area (Å²) in [7, 11) is 0. The highest BCUT2D eigenvalue weighted by Gasteiger charge is 2.38. The molecule has 1 atom stereocenters. The molecule has 0 saturated heterocycles. The van der Waals surface area contributed by atoms with Crippen molar-refractivity contribution >= 4 is 6.08 Å². The maximum Gasteiger partial charge on any atom is 0.205 e. The van der Waals surface area contributed by atoms with Crippen LogP contribution in [-0.4, -0.2) is 18.0 Å². The largest absolute Gasteiger partial charge is 0.440 e. The van der Waals surface area contributed by atoms with Gasteiger partial charge in [0.2, 0.25) is 5.88 Å². The number of hydrogen-bond donors (Lipinski definition) is 1. The summed E-state index contributed by atoms with van der Waals surface area (Å²) in [6.45, 7) is 1.54. The predicted molar refractivity (Wildman–Crippen MR) is 130 cm³/mol. The van der Waals surface area contributed by atoms with E-state index in [2.05, 4.69) is 11.0 Å². The van der Waals surface area contributed by atoms with Crippen LogP contribution in [0.1, 0.15) is 22.6 Å². The molecule has 3 aromatic carbocycles. The quantitative estimate of drug-likeness (QED) is 0.541. The van der Waals surface area contributed by atoms with Gasteiger partial charge in [-0.05, 0) is 29.3 Å². The summed E-state index contributed by atoms with van der Waals surface area (Å²) in [6, 6.07) is 25.0. The lowest BCUT2D eigenvalue weighted by Crippen LogP contribution is -2.38. The fourth-order valence-electron chi connectivity index (χ4n) is 4.74. The molecule has 6 heteroatoms. The molecule has 0 amide bonds. The minimum Gasteiger partial charge on any atom is -0.440 e. The van der Waals surface area contributed by atoms with Gasteiger partial charge in [0.1, 0.15) is 29.0 Å². The van der Waals surface area contributed by atoms with Crippen molar-refractivity contribution in [1.82, 2.24) is 4.90 Å². The van der Waals surface area contributed by atoms with E-state index in [4.69, 9.17) is 10.5 Å². The molecule has 0 radical (unpaired) electrons. The van der Waals surface area contributed by atoms with E-state index in [1.807, 2.05) is 30.3 Å². The second-order valence-corrected chi connectivity index (χ2v) is 8.62. The third kappa shape index (κ3) is 4.46. The molecule has 0 aromatic heterocycles. The van der Waals surface area contributed by atoms with E-state index >= 15 is 0 Å². The standard InChI is InChI=1S/C29H23F2N3O/c30-25-12-6-4-10-20(25)14-21-17-34(16-19-8-2-1-3-9-19)18-24-27(22-11-5-7-13-26(22)31)23(15-32)29(33)35-28(21)24/h1-14,27H,16-18,33H2. The van der Waals surface area contributed by atoms with Crippen LogP contribution in [0.2, 0.25) is 0 Å². The molecule has 0 bridgehead atoms. The van der Waals surface area contributed by atoms with Crippen molar-refractivity contribution in [3.8, 4) is 6.07 Å². The van der Waals surface area contributed by atoms with E-state index in [-0.39, 0.29) is 17.3 Å². The predicted octanol–water partition coefficient (Wildman–Crippen LogP) is 5.63. The molecule has 0 saturated carbocycles. The van der Waals surface area contributed by atoms with Crippen LogP contribution in [0.4, 0.5) is 8.78 Å². The van der Waals surface area contributed by atoms with Gasteiger partial charge in [-0.15, -0.1) is 0 Å². The molecular weight excluding hydrogens is 444 g/mol. The Labute approximate surface area is 202 Å². The molecule has 2 heterocycles. The summed E-state index contributed by atoms with van der Waals surface area (Å²) in [4.78, 5) is 2.18. The first kappa shape index (κ1) is 22.6. The fraction of sp³-hybridized carbons (Fsp3) is 0.138. The zero-order chi connectivity index (χ0) is 24.4. The lowest BCUT2D eigenvalue weighted by molar-refractivity contribution is 0.229. The number of nitrogens with zero attached hydrogens (tertiary/aromatic N) is 2. The van der Waals surface area contributed by atoms with E-state index < -0.39 is 11.7 Å². The van der Waals surface area contributed by atoms with Gasteiger partial charge >= 0.3 is 0 Å². The molecule has 0 fully saturated rings. The minimum atomic E-state index is -0.701. The van der Waals surface area contributed by atoms with Gasteiger partial charge in [-0.2, -0.15) is 5.26 Å². The fourth-order valence-corrected chi connectivity index (χ4v) is 4.74. The number of allylic oxidation sites excluding steroid dienone is 1. The van der Waals surface area contributed by atoms with Crippen LogP contribution < -0.4 is 5.73 Å². The van der Waals surface area contributed by atoms with Crippen molar-refractivity contribution in [3.63, 3.8) is 0 Å². The average Bonchev–Trinajstić information content (AvgIpc) is 2.86. The summed E-state index contributed by atoms with van der Waals surface area (Å²) in [6.07, 6.45) is 1.74. The number of nitrogens with two attached hydrogens (primary N) is 1. The highest BCUT2D eigenvalue weighted by atomic mass is 19.1. The Balaban J connectivity index is 1.66. The van der Waals surface area contributed by atoms with E-state index in [9.17, 15) is 14.0 Å². The van der Waals surface area contributed by atoms with E-state index in [0.717, 1.165) is 11.1 Å². The first-order valence-corrected chi connectivity index (χ1v) is 11.3. The summed E-state index contributed by atoms with van der Waals surface area (Å²) < 4.78 is 35.5. The van der Waals surface area contributed by atoms with Crippen molar-refractivity contribution in [1.29, 1.82) is 5.26 Å². The Hall–Kier alpha value is -4.21. The molecule has 1 unspecified atom stereocenters. The zero-order valence-electron chi connectivity index (χ0n) is 18.9. The third-order valence-electron chi connectivity index (χ3n) is 6.31.